The molecule has 0 aromatic heterocycles. The van der Waals surface area contributed by atoms with E-state index in [1.165, 1.54) is 11.1 Å². The van der Waals surface area contributed by atoms with Crippen LogP contribution in [0, 0.1) is 13.8 Å². The summed E-state index contributed by atoms with van der Waals surface area (Å²) in [7, 11) is 0. The second-order valence-electron chi connectivity index (χ2n) is 5.09. The molecule has 0 aliphatic rings. The number of hydrogen-bond donors (Lipinski definition) is 1. The average Bonchev–Trinajstić information content (AvgIpc) is 2.50. The molecular weight excluding hydrogens is 260 g/mol. The maximum atomic E-state index is 12.0. The van der Waals surface area contributed by atoms with E-state index in [-0.39, 0.29) is 5.91 Å². The van der Waals surface area contributed by atoms with Crippen LogP contribution < -0.4 is 5.43 Å². The number of hydrogen-bond acceptors (Lipinski definition) is 2. The van der Waals surface area contributed by atoms with Crippen LogP contribution >= 0.6 is 0 Å². The number of nitrogens with zero attached hydrogens (tertiary/aromatic N) is 1. The van der Waals surface area contributed by atoms with E-state index in [0.29, 0.717) is 5.56 Å². The second-order valence-corrected chi connectivity index (χ2v) is 5.09. The van der Waals surface area contributed by atoms with Gasteiger partial charge in [0, 0.05) is 5.56 Å². The summed E-state index contributed by atoms with van der Waals surface area (Å²) in [6.45, 7) is 6.13. The van der Waals surface area contributed by atoms with Crippen LogP contribution in [0.3, 0.4) is 0 Å². The molecule has 0 radical (unpaired) electrons. The molecule has 2 aromatic carbocycles. The van der Waals surface area contributed by atoms with Crippen LogP contribution in [0.1, 0.15) is 39.5 Å². The fourth-order valence-corrected chi connectivity index (χ4v) is 1.95. The largest absolute Gasteiger partial charge is 0.271 e. The summed E-state index contributed by atoms with van der Waals surface area (Å²) in [5.74, 6) is -0.195. The highest BCUT2D eigenvalue weighted by atomic mass is 16.2. The molecule has 0 aliphatic carbocycles. The summed E-state index contributed by atoms with van der Waals surface area (Å²) in [6.07, 6.45) is 2.67. The molecule has 3 nitrogen and oxygen atoms in total. The lowest BCUT2D eigenvalue weighted by molar-refractivity contribution is 0.0955. The molecule has 21 heavy (non-hydrogen) atoms. The van der Waals surface area contributed by atoms with Crippen molar-refractivity contribution in [2.75, 3.05) is 0 Å². The third-order valence-electron chi connectivity index (χ3n) is 3.54. The summed E-state index contributed by atoms with van der Waals surface area (Å²) in [4.78, 5) is 12.0. The van der Waals surface area contributed by atoms with Gasteiger partial charge in [-0.2, -0.15) is 5.10 Å². The van der Waals surface area contributed by atoms with Gasteiger partial charge in [0.15, 0.2) is 0 Å². The molecule has 0 fully saturated rings. The average molecular weight is 280 g/mol. The van der Waals surface area contributed by atoms with Crippen LogP contribution in [0.5, 0.6) is 0 Å². The molecule has 0 unspecified atom stereocenters. The van der Waals surface area contributed by atoms with Crippen LogP contribution in [-0.4, -0.2) is 12.1 Å². The normalized spacial score (nSPS) is 10.8. The van der Waals surface area contributed by atoms with E-state index in [4.69, 9.17) is 0 Å². The van der Waals surface area contributed by atoms with Gasteiger partial charge in [-0.3, -0.25) is 4.79 Å². The van der Waals surface area contributed by atoms with E-state index >= 15 is 0 Å². The third-order valence-corrected chi connectivity index (χ3v) is 3.54. The van der Waals surface area contributed by atoms with E-state index in [2.05, 4.69) is 29.6 Å². The lowest BCUT2D eigenvalue weighted by atomic mass is 10.1. The Kier molecular flexibility index (Phi) is 4.88. The minimum absolute atomic E-state index is 0.195. The Morgan fingerprint density at radius 2 is 1.81 bits per heavy atom. The minimum atomic E-state index is -0.195. The second kappa shape index (κ2) is 6.84. The summed E-state index contributed by atoms with van der Waals surface area (Å²) in [6, 6.07) is 13.7. The molecule has 3 heteroatoms. The summed E-state index contributed by atoms with van der Waals surface area (Å²) < 4.78 is 0. The first-order chi connectivity index (χ1) is 10.1. The Morgan fingerprint density at radius 1 is 1.10 bits per heavy atom. The molecule has 0 saturated carbocycles. The Labute approximate surface area is 125 Å². The van der Waals surface area contributed by atoms with E-state index in [0.717, 1.165) is 17.5 Å². The van der Waals surface area contributed by atoms with Gasteiger partial charge in [-0.15, -0.1) is 0 Å². The van der Waals surface area contributed by atoms with Crippen molar-refractivity contribution < 1.29 is 4.79 Å². The van der Waals surface area contributed by atoms with E-state index in [1.54, 1.807) is 6.21 Å². The molecular formula is C18H20N2O. The molecule has 0 heterocycles. The van der Waals surface area contributed by atoms with Crippen molar-refractivity contribution in [3.8, 4) is 0 Å². The lowest BCUT2D eigenvalue weighted by Crippen LogP contribution is -2.17. The zero-order valence-electron chi connectivity index (χ0n) is 12.7. The monoisotopic (exact) mass is 280 g/mol. The van der Waals surface area contributed by atoms with Crippen molar-refractivity contribution in [2.45, 2.75) is 27.2 Å². The highest BCUT2D eigenvalue weighted by Crippen LogP contribution is 2.09. The number of carbonyl (C=O) groups excluding carboxylic acids is 1. The first-order valence-corrected chi connectivity index (χ1v) is 7.09. The molecule has 0 atom stereocenters. The quantitative estimate of drug-likeness (QED) is 0.674. The maximum Gasteiger partial charge on any atom is 0.271 e. The summed E-state index contributed by atoms with van der Waals surface area (Å²) >= 11 is 0. The van der Waals surface area contributed by atoms with Gasteiger partial charge in [0.2, 0.25) is 0 Å². The molecule has 0 aliphatic heterocycles. The van der Waals surface area contributed by atoms with Crippen molar-refractivity contribution in [3.63, 3.8) is 0 Å². The van der Waals surface area contributed by atoms with E-state index < -0.39 is 0 Å². The van der Waals surface area contributed by atoms with Crippen molar-refractivity contribution in [1.82, 2.24) is 5.43 Å². The van der Waals surface area contributed by atoms with Gasteiger partial charge < -0.3 is 0 Å². The van der Waals surface area contributed by atoms with Gasteiger partial charge in [-0.25, -0.2) is 5.43 Å². The molecule has 0 spiro atoms. The van der Waals surface area contributed by atoms with Crippen molar-refractivity contribution in [3.05, 3.63) is 70.3 Å². The van der Waals surface area contributed by atoms with Gasteiger partial charge in [0.1, 0.15) is 0 Å². The molecule has 0 saturated heterocycles. The van der Waals surface area contributed by atoms with Crippen LogP contribution in [-0.2, 0) is 6.42 Å². The highest BCUT2D eigenvalue weighted by Gasteiger charge is 2.04. The van der Waals surface area contributed by atoms with Gasteiger partial charge in [-0.1, -0.05) is 37.3 Å². The number of nitrogens with one attached hydrogen (secondary N) is 1. The SMILES string of the molecule is CCc1ccc(/C=N/NC(=O)c2ccc(C)c(C)c2)cc1. The van der Waals surface area contributed by atoms with Crippen LogP contribution in [0.15, 0.2) is 47.6 Å². The Morgan fingerprint density at radius 3 is 2.43 bits per heavy atom. The molecule has 1 amide bonds. The predicted molar refractivity (Wildman–Crippen MR) is 86.8 cm³/mol. The summed E-state index contributed by atoms with van der Waals surface area (Å²) in [5, 5.41) is 4.00. The van der Waals surface area contributed by atoms with Crippen LogP contribution in [0.4, 0.5) is 0 Å². The molecule has 1 N–H and O–H groups in total. The van der Waals surface area contributed by atoms with Gasteiger partial charge >= 0.3 is 0 Å². The van der Waals surface area contributed by atoms with Gasteiger partial charge in [-0.05, 0) is 54.7 Å². The smallest absolute Gasteiger partial charge is 0.267 e. The third kappa shape index (κ3) is 4.02. The topological polar surface area (TPSA) is 41.5 Å². The number of carbonyl (C=O) groups is 1. The number of hydrazone groups is 1. The zero-order chi connectivity index (χ0) is 15.2. The molecule has 2 rings (SSSR count). The first-order valence-electron chi connectivity index (χ1n) is 7.09. The minimum Gasteiger partial charge on any atom is -0.267 e. The maximum absolute atomic E-state index is 12.0. The Hall–Kier alpha value is -2.42. The van der Waals surface area contributed by atoms with Gasteiger partial charge in [0.25, 0.3) is 5.91 Å². The number of amides is 1. The van der Waals surface area contributed by atoms with Crippen LogP contribution in [0.2, 0.25) is 0 Å². The molecule has 2 aromatic rings. The van der Waals surface area contributed by atoms with Crippen molar-refractivity contribution in [1.29, 1.82) is 0 Å². The van der Waals surface area contributed by atoms with E-state index in [9.17, 15) is 4.79 Å². The number of aryl methyl sites for hydroxylation is 3. The zero-order valence-corrected chi connectivity index (χ0v) is 12.7. The standard InChI is InChI=1S/C18H20N2O/c1-4-15-6-8-16(9-7-15)12-19-20-18(21)17-10-5-13(2)14(3)11-17/h5-12H,4H2,1-3H3,(H,20,21)/b19-12+. The Balaban J connectivity index is 1.99. The first kappa shape index (κ1) is 15.0. The van der Waals surface area contributed by atoms with Crippen molar-refractivity contribution >= 4 is 12.1 Å². The molecule has 108 valence electrons. The van der Waals surface area contributed by atoms with Crippen molar-refractivity contribution in [2.24, 2.45) is 5.10 Å². The lowest BCUT2D eigenvalue weighted by Gasteiger charge is -2.03. The summed E-state index contributed by atoms with van der Waals surface area (Å²) in [5.41, 5.74) is 7.70. The Bertz CT molecular complexity index is 657. The van der Waals surface area contributed by atoms with Gasteiger partial charge in [0.05, 0.1) is 6.21 Å². The fraction of sp³-hybridized carbons (Fsp3) is 0.222. The predicted octanol–water partition coefficient (Wildman–Crippen LogP) is 3.63. The van der Waals surface area contributed by atoms with E-state index in [1.807, 2.05) is 44.2 Å². The fourth-order valence-electron chi connectivity index (χ4n) is 1.95. The number of rotatable bonds is 4. The highest BCUT2D eigenvalue weighted by molar-refractivity contribution is 5.95. The van der Waals surface area contributed by atoms with Crippen LogP contribution in [0.25, 0.3) is 0 Å². The molecule has 0 bridgehead atoms. The number of benzene rings is 2.